The zero-order valence-electron chi connectivity index (χ0n) is 11.0. The number of benzene rings is 2. The Morgan fingerprint density at radius 2 is 1.65 bits per heavy atom. The van der Waals surface area contributed by atoms with Crippen LogP contribution >= 0.6 is 0 Å². The highest BCUT2D eigenvalue weighted by Gasteiger charge is 2.14. The molecule has 0 unspecified atom stereocenters. The van der Waals surface area contributed by atoms with Crippen molar-refractivity contribution in [3.05, 3.63) is 59.2 Å². The zero-order chi connectivity index (χ0) is 14.7. The average Bonchev–Trinajstić information content (AvgIpc) is 2.42. The third-order valence-electron chi connectivity index (χ3n) is 3.01. The van der Waals surface area contributed by atoms with Crippen molar-refractivity contribution in [2.75, 3.05) is 11.1 Å². The molecule has 20 heavy (non-hydrogen) atoms. The average molecular weight is 269 g/mol. The van der Waals surface area contributed by atoms with Gasteiger partial charge in [-0.05, 0) is 30.7 Å². The first-order chi connectivity index (χ1) is 9.50. The largest absolute Gasteiger partial charge is 0.398 e. The molecule has 0 aliphatic carbocycles. The summed E-state index contributed by atoms with van der Waals surface area (Å²) < 4.78 is 0. The van der Waals surface area contributed by atoms with E-state index in [9.17, 15) is 9.59 Å². The first-order valence-corrected chi connectivity index (χ1v) is 6.06. The van der Waals surface area contributed by atoms with Crippen molar-refractivity contribution in [2.45, 2.75) is 6.92 Å². The molecule has 2 aromatic rings. The number of nitrogen functional groups attached to an aromatic ring is 1. The van der Waals surface area contributed by atoms with Gasteiger partial charge in [0.25, 0.3) is 11.8 Å². The van der Waals surface area contributed by atoms with E-state index >= 15 is 0 Å². The molecule has 0 aliphatic heterocycles. The van der Waals surface area contributed by atoms with Gasteiger partial charge < -0.3 is 16.8 Å². The summed E-state index contributed by atoms with van der Waals surface area (Å²) in [5.41, 5.74) is 13.4. The Balaban J connectivity index is 2.33. The van der Waals surface area contributed by atoms with Crippen LogP contribution in [0.25, 0.3) is 0 Å². The van der Waals surface area contributed by atoms with Crippen LogP contribution in [-0.2, 0) is 0 Å². The Morgan fingerprint density at radius 3 is 2.35 bits per heavy atom. The molecule has 0 fully saturated rings. The summed E-state index contributed by atoms with van der Waals surface area (Å²) in [4.78, 5) is 23.5. The highest BCUT2D eigenvalue weighted by atomic mass is 16.2. The van der Waals surface area contributed by atoms with Gasteiger partial charge in [-0.2, -0.15) is 0 Å². The number of rotatable bonds is 3. The van der Waals surface area contributed by atoms with Gasteiger partial charge in [0.2, 0.25) is 0 Å². The summed E-state index contributed by atoms with van der Waals surface area (Å²) in [5, 5.41) is 2.66. The maximum Gasteiger partial charge on any atom is 0.257 e. The lowest BCUT2D eigenvalue weighted by atomic mass is 10.1. The van der Waals surface area contributed by atoms with Crippen LogP contribution in [0.2, 0.25) is 0 Å². The molecule has 0 saturated carbocycles. The monoisotopic (exact) mass is 269 g/mol. The number of aryl methyl sites for hydroxylation is 1. The first kappa shape index (κ1) is 13.6. The number of nitrogens with two attached hydrogens (primary N) is 2. The van der Waals surface area contributed by atoms with Gasteiger partial charge in [-0.1, -0.05) is 24.3 Å². The van der Waals surface area contributed by atoms with Crippen LogP contribution in [0.15, 0.2) is 42.5 Å². The second-order valence-electron chi connectivity index (χ2n) is 4.40. The molecule has 0 aliphatic rings. The molecule has 2 aromatic carbocycles. The molecule has 0 bridgehead atoms. The van der Waals surface area contributed by atoms with E-state index in [1.165, 1.54) is 0 Å². The minimum Gasteiger partial charge on any atom is -0.398 e. The number of hydrogen-bond acceptors (Lipinski definition) is 3. The van der Waals surface area contributed by atoms with Crippen LogP contribution in [0.4, 0.5) is 11.4 Å². The molecule has 5 heteroatoms. The van der Waals surface area contributed by atoms with E-state index in [1.807, 2.05) is 13.0 Å². The van der Waals surface area contributed by atoms with E-state index in [1.54, 1.807) is 36.4 Å². The standard InChI is InChI=1S/C15H15N3O2/c1-9-5-4-7-11(13(9)16)15(20)18-12-8-3-2-6-10(12)14(17)19/h2-8H,16H2,1H3,(H2,17,19)(H,18,20). The molecule has 0 radical (unpaired) electrons. The quantitative estimate of drug-likeness (QED) is 0.742. The molecule has 102 valence electrons. The number of hydrogen-bond donors (Lipinski definition) is 3. The zero-order valence-corrected chi connectivity index (χ0v) is 11.0. The summed E-state index contributed by atoms with van der Waals surface area (Å²) in [5.74, 6) is -0.974. The van der Waals surface area contributed by atoms with Crippen LogP contribution in [0.5, 0.6) is 0 Å². The van der Waals surface area contributed by atoms with Gasteiger partial charge in [0, 0.05) is 5.69 Å². The number of para-hydroxylation sites is 2. The minimum atomic E-state index is -0.599. The SMILES string of the molecule is Cc1cccc(C(=O)Nc2ccccc2C(N)=O)c1N. The van der Waals surface area contributed by atoms with Crippen molar-refractivity contribution in [3.63, 3.8) is 0 Å². The smallest absolute Gasteiger partial charge is 0.257 e. The molecular formula is C15H15N3O2. The van der Waals surface area contributed by atoms with Crippen LogP contribution in [0.3, 0.4) is 0 Å². The third-order valence-corrected chi connectivity index (χ3v) is 3.01. The number of carbonyl (C=O) groups is 2. The van der Waals surface area contributed by atoms with Gasteiger partial charge in [0.05, 0.1) is 16.8 Å². The van der Waals surface area contributed by atoms with Crippen LogP contribution < -0.4 is 16.8 Å². The molecule has 0 saturated heterocycles. The molecule has 0 aromatic heterocycles. The van der Waals surface area contributed by atoms with Crippen LogP contribution in [0, 0.1) is 6.92 Å². The summed E-state index contributed by atoms with van der Waals surface area (Å²) >= 11 is 0. The Hall–Kier alpha value is -2.82. The predicted octanol–water partition coefficient (Wildman–Crippen LogP) is 1.93. The molecule has 0 atom stereocenters. The van der Waals surface area contributed by atoms with E-state index in [0.717, 1.165) is 5.56 Å². The Labute approximate surface area is 116 Å². The highest BCUT2D eigenvalue weighted by molar-refractivity contribution is 6.11. The van der Waals surface area contributed by atoms with Gasteiger partial charge in [0.1, 0.15) is 0 Å². The molecule has 2 rings (SSSR count). The fraction of sp³-hybridized carbons (Fsp3) is 0.0667. The second kappa shape index (κ2) is 5.44. The predicted molar refractivity (Wildman–Crippen MR) is 78.5 cm³/mol. The fourth-order valence-electron chi connectivity index (χ4n) is 1.88. The van der Waals surface area contributed by atoms with Crippen LogP contribution in [0.1, 0.15) is 26.3 Å². The summed E-state index contributed by atoms with van der Waals surface area (Å²) in [6.07, 6.45) is 0. The van der Waals surface area contributed by atoms with E-state index < -0.39 is 5.91 Å². The Bertz CT molecular complexity index is 681. The maximum absolute atomic E-state index is 12.2. The Morgan fingerprint density at radius 1 is 1.00 bits per heavy atom. The lowest BCUT2D eigenvalue weighted by molar-refractivity contribution is 0.100. The van der Waals surface area contributed by atoms with Gasteiger partial charge >= 0.3 is 0 Å². The number of anilines is 2. The van der Waals surface area contributed by atoms with Gasteiger partial charge in [0.15, 0.2) is 0 Å². The number of amides is 2. The second-order valence-corrected chi connectivity index (χ2v) is 4.40. The van der Waals surface area contributed by atoms with Gasteiger partial charge in [-0.3, -0.25) is 9.59 Å². The van der Waals surface area contributed by atoms with Crippen molar-refractivity contribution in [3.8, 4) is 0 Å². The number of nitrogens with one attached hydrogen (secondary N) is 1. The van der Waals surface area contributed by atoms with Crippen molar-refractivity contribution < 1.29 is 9.59 Å². The highest BCUT2D eigenvalue weighted by Crippen LogP contribution is 2.20. The van der Waals surface area contributed by atoms with Gasteiger partial charge in [-0.15, -0.1) is 0 Å². The van der Waals surface area contributed by atoms with Crippen molar-refractivity contribution in [1.29, 1.82) is 0 Å². The van der Waals surface area contributed by atoms with Crippen LogP contribution in [-0.4, -0.2) is 11.8 Å². The van der Waals surface area contributed by atoms with E-state index in [4.69, 9.17) is 11.5 Å². The lowest BCUT2D eigenvalue weighted by Gasteiger charge is -2.11. The normalized spacial score (nSPS) is 10.1. The topological polar surface area (TPSA) is 98.2 Å². The number of carbonyl (C=O) groups excluding carboxylic acids is 2. The van der Waals surface area contributed by atoms with Crippen molar-refractivity contribution in [1.82, 2.24) is 0 Å². The van der Waals surface area contributed by atoms with Crippen molar-refractivity contribution >= 4 is 23.2 Å². The maximum atomic E-state index is 12.2. The molecule has 2 amide bonds. The van der Waals surface area contributed by atoms with E-state index in [0.29, 0.717) is 16.9 Å². The lowest BCUT2D eigenvalue weighted by Crippen LogP contribution is -2.19. The first-order valence-electron chi connectivity index (χ1n) is 6.06. The summed E-state index contributed by atoms with van der Waals surface area (Å²) in [7, 11) is 0. The fourth-order valence-corrected chi connectivity index (χ4v) is 1.88. The molecule has 5 nitrogen and oxygen atoms in total. The minimum absolute atomic E-state index is 0.257. The molecular weight excluding hydrogens is 254 g/mol. The molecule has 0 heterocycles. The van der Waals surface area contributed by atoms with Gasteiger partial charge in [-0.25, -0.2) is 0 Å². The van der Waals surface area contributed by atoms with E-state index in [2.05, 4.69) is 5.32 Å². The molecule has 0 spiro atoms. The Kier molecular flexibility index (Phi) is 3.70. The van der Waals surface area contributed by atoms with E-state index in [-0.39, 0.29) is 11.5 Å². The molecule has 5 N–H and O–H groups in total. The van der Waals surface area contributed by atoms with Crippen molar-refractivity contribution in [2.24, 2.45) is 5.73 Å². The summed E-state index contributed by atoms with van der Waals surface area (Å²) in [6.45, 7) is 1.82. The number of primary amides is 1. The summed E-state index contributed by atoms with van der Waals surface area (Å²) in [6, 6.07) is 11.8. The third kappa shape index (κ3) is 2.61.